The Morgan fingerprint density at radius 3 is 2.48 bits per heavy atom. The summed E-state index contributed by atoms with van der Waals surface area (Å²) in [4.78, 5) is 36.3. The van der Waals surface area contributed by atoms with Gasteiger partial charge in [0.15, 0.2) is 0 Å². The van der Waals surface area contributed by atoms with Crippen LogP contribution in [0.5, 0.6) is 5.75 Å². The summed E-state index contributed by atoms with van der Waals surface area (Å²) in [5.74, 6) is 1.37. The molecule has 0 unspecified atom stereocenters. The Labute approximate surface area is 256 Å². The first-order valence-electron chi connectivity index (χ1n) is 14.3. The van der Waals surface area contributed by atoms with E-state index in [2.05, 4.69) is 20.9 Å². The largest absolute Gasteiger partial charge is 0.490 e. The normalized spacial score (nSPS) is 11.3. The average Bonchev–Trinajstić information content (AvgIpc) is 3.43. The number of likely N-dealkylation sites (N-methyl/N-ethyl adjacent to an activating group) is 1. The second kappa shape index (κ2) is 13.7. The molecular formula is C34H35N7O3. The third kappa shape index (κ3) is 7.67. The number of aromatic nitrogens is 3. The minimum absolute atomic E-state index is 0.0675. The van der Waals surface area contributed by atoms with Gasteiger partial charge in [-0.05, 0) is 88.6 Å². The van der Waals surface area contributed by atoms with Crippen LogP contribution in [0.15, 0.2) is 103 Å². The summed E-state index contributed by atoms with van der Waals surface area (Å²) in [7, 11) is 3.85. The monoisotopic (exact) mass is 589 g/mol. The van der Waals surface area contributed by atoms with E-state index in [1.54, 1.807) is 48.7 Å². The Kier molecular flexibility index (Phi) is 9.31. The summed E-state index contributed by atoms with van der Waals surface area (Å²) in [6.45, 7) is 4.66. The molecule has 0 aliphatic rings. The van der Waals surface area contributed by atoms with E-state index in [0.29, 0.717) is 40.9 Å². The molecule has 0 saturated carbocycles. The van der Waals surface area contributed by atoms with E-state index in [1.165, 1.54) is 6.08 Å². The van der Waals surface area contributed by atoms with Crippen LogP contribution in [0.25, 0.3) is 16.7 Å². The molecule has 0 aliphatic heterocycles. The predicted molar refractivity (Wildman–Crippen MR) is 175 cm³/mol. The van der Waals surface area contributed by atoms with E-state index in [-0.39, 0.29) is 17.9 Å². The summed E-state index contributed by atoms with van der Waals surface area (Å²) >= 11 is 0. The average molecular weight is 590 g/mol. The van der Waals surface area contributed by atoms with Crippen molar-refractivity contribution in [2.75, 3.05) is 36.6 Å². The first-order chi connectivity index (χ1) is 21.2. The van der Waals surface area contributed by atoms with E-state index in [1.807, 2.05) is 86.1 Å². The number of amides is 2. The van der Waals surface area contributed by atoms with Gasteiger partial charge in [-0.15, -0.1) is 0 Å². The Hall–Kier alpha value is -5.48. The Morgan fingerprint density at radius 1 is 0.932 bits per heavy atom. The topological polar surface area (TPSA) is 113 Å². The number of nitrogens with zero attached hydrogens (tertiary/aromatic N) is 4. The van der Waals surface area contributed by atoms with Crippen LogP contribution in [-0.4, -0.2) is 58.0 Å². The minimum Gasteiger partial charge on any atom is -0.490 e. The Bertz CT molecular complexity index is 1810. The summed E-state index contributed by atoms with van der Waals surface area (Å²) < 4.78 is 7.97. The lowest BCUT2D eigenvalue weighted by Gasteiger charge is -2.12. The number of benzene rings is 3. The predicted octanol–water partition coefficient (Wildman–Crippen LogP) is 6.26. The van der Waals surface area contributed by atoms with Gasteiger partial charge in [0.05, 0.1) is 11.6 Å². The van der Waals surface area contributed by atoms with Crippen LogP contribution in [0.4, 0.5) is 23.0 Å². The number of nitrogens with one attached hydrogen (secondary N) is 3. The summed E-state index contributed by atoms with van der Waals surface area (Å²) in [6, 6.07) is 23.9. The fourth-order valence-corrected chi connectivity index (χ4v) is 4.54. The number of anilines is 4. The summed E-state index contributed by atoms with van der Waals surface area (Å²) in [5, 5.41) is 9.94. The number of carbonyl (C=O) groups is 2. The molecule has 0 radical (unpaired) electrons. The fourth-order valence-electron chi connectivity index (χ4n) is 4.54. The zero-order valence-corrected chi connectivity index (χ0v) is 25.1. The highest BCUT2D eigenvalue weighted by Gasteiger charge is 2.12. The van der Waals surface area contributed by atoms with Gasteiger partial charge in [0.1, 0.15) is 11.6 Å². The van der Waals surface area contributed by atoms with Crippen molar-refractivity contribution >= 4 is 45.7 Å². The molecule has 0 bridgehead atoms. The molecular weight excluding hydrogens is 554 g/mol. The highest BCUT2D eigenvalue weighted by atomic mass is 16.5. The molecule has 0 fully saturated rings. The number of carbonyl (C=O) groups excluding carboxylic acids is 2. The van der Waals surface area contributed by atoms with Crippen molar-refractivity contribution < 1.29 is 14.3 Å². The zero-order valence-electron chi connectivity index (χ0n) is 25.1. The molecule has 0 saturated heterocycles. The molecule has 10 heteroatoms. The van der Waals surface area contributed by atoms with E-state index >= 15 is 0 Å². The molecule has 224 valence electrons. The fraction of sp³-hybridized carbons (Fsp3) is 0.176. The van der Waals surface area contributed by atoms with Crippen LogP contribution < -0.4 is 20.7 Å². The number of hydrogen-bond acceptors (Lipinski definition) is 7. The lowest BCUT2D eigenvalue weighted by molar-refractivity contribution is -0.111. The van der Waals surface area contributed by atoms with Crippen molar-refractivity contribution in [1.29, 1.82) is 0 Å². The first-order valence-corrected chi connectivity index (χ1v) is 14.3. The van der Waals surface area contributed by atoms with Gasteiger partial charge in [0, 0.05) is 53.0 Å². The minimum atomic E-state index is -0.306. The van der Waals surface area contributed by atoms with Gasteiger partial charge in [-0.3, -0.25) is 9.59 Å². The molecule has 3 N–H and O–H groups in total. The third-order valence-electron chi connectivity index (χ3n) is 6.45. The number of rotatable bonds is 11. The standard InChI is InChI=1S/C34H35N7O3/c1-23(2)44-30-14-7-13-29-28(30)17-20-41(29)31-16-18-35-34(39-31)38-27-12-6-11-26(22-27)37-33(43)24-9-5-10-25(21-24)36-32(42)15-8-19-40(3)4/h5-18,20-23H,19H2,1-4H3,(H,36,42)(H,37,43)(H,35,38,39). The maximum Gasteiger partial charge on any atom is 0.255 e. The molecule has 10 nitrogen and oxygen atoms in total. The van der Waals surface area contributed by atoms with Crippen LogP contribution in [0.2, 0.25) is 0 Å². The van der Waals surface area contributed by atoms with E-state index in [0.717, 1.165) is 16.7 Å². The summed E-state index contributed by atoms with van der Waals surface area (Å²) in [6.07, 6.45) is 6.97. The Balaban J connectivity index is 1.27. The van der Waals surface area contributed by atoms with Crippen molar-refractivity contribution in [2.24, 2.45) is 0 Å². The van der Waals surface area contributed by atoms with Gasteiger partial charge < -0.3 is 30.2 Å². The Morgan fingerprint density at radius 2 is 1.68 bits per heavy atom. The zero-order chi connectivity index (χ0) is 31.1. The van der Waals surface area contributed by atoms with Crippen molar-refractivity contribution in [3.05, 3.63) is 109 Å². The van der Waals surface area contributed by atoms with Crippen LogP contribution in [0.1, 0.15) is 24.2 Å². The summed E-state index contributed by atoms with van der Waals surface area (Å²) in [5.41, 5.74) is 3.21. The molecule has 44 heavy (non-hydrogen) atoms. The van der Waals surface area contributed by atoms with Crippen LogP contribution in [0.3, 0.4) is 0 Å². The first kappa shape index (κ1) is 30.0. The molecule has 2 aromatic heterocycles. The van der Waals surface area contributed by atoms with Crippen molar-refractivity contribution in [3.63, 3.8) is 0 Å². The van der Waals surface area contributed by atoms with Crippen molar-refractivity contribution in [2.45, 2.75) is 20.0 Å². The van der Waals surface area contributed by atoms with Gasteiger partial charge in [-0.25, -0.2) is 4.98 Å². The highest BCUT2D eigenvalue weighted by Crippen LogP contribution is 2.29. The second-order valence-electron chi connectivity index (χ2n) is 10.7. The van der Waals surface area contributed by atoms with E-state index in [9.17, 15) is 9.59 Å². The smallest absolute Gasteiger partial charge is 0.255 e. The number of hydrogen-bond donors (Lipinski definition) is 3. The van der Waals surface area contributed by atoms with Crippen LogP contribution in [0, 0.1) is 0 Å². The van der Waals surface area contributed by atoms with Crippen molar-refractivity contribution in [1.82, 2.24) is 19.4 Å². The van der Waals surface area contributed by atoms with Crippen molar-refractivity contribution in [3.8, 4) is 11.6 Å². The number of ether oxygens (including phenoxy) is 1. The SMILES string of the molecule is CC(C)Oc1cccc2c1ccn2-c1ccnc(Nc2cccc(NC(=O)c3cccc(NC(=O)C=CCN(C)C)c3)c2)n1. The lowest BCUT2D eigenvalue weighted by Crippen LogP contribution is -2.14. The van der Waals surface area contributed by atoms with E-state index < -0.39 is 0 Å². The van der Waals surface area contributed by atoms with Gasteiger partial charge in [0.2, 0.25) is 11.9 Å². The molecule has 5 rings (SSSR count). The highest BCUT2D eigenvalue weighted by molar-refractivity contribution is 6.06. The maximum absolute atomic E-state index is 13.0. The molecule has 0 spiro atoms. The molecule has 5 aromatic rings. The molecule has 3 aromatic carbocycles. The van der Waals surface area contributed by atoms with Crippen LogP contribution in [-0.2, 0) is 4.79 Å². The molecule has 2 heterocycles. The van der Waals surface area contributed by atoms with Gasteiger partial charge in [-0.2, -0.15) is 4.98 Å². The molecule has 0 atom stereocenters. The van der Waals surface area contributed by atoms with Gasteiger partial charge >= 0.3 is 0 Å². The lowest BCUT2D eigenvalue weighted by atomic mass is 10.1. The maximum atomic E-state index is 13.0. The quantitative estimate of drug-likeness (QED) is 0.156. The van der Waals surface area contributed by atoms with E-state index in [4.69, 9.17) is 9.72 Å². The van der Waals surface area contributed by atoms with Gasteiger partial charge in [0.25, 0.3) is 5.91 Å². The molecule has 0 aliphatic carbocycles. The van der Waals surface area contributed by atoms with Crippen LogP contribution >= 0.6 is 0 Å². The number of fused-ring (bicyclic) bond motifs is 1. The third-order valence-corrected chi connectivity index (χ3v) is 6.45. The second-order valence-corrected chi connectivity index (χ2v) is 10.7. The molecule has 2 amide bonds. The van der Waals surface area contributed by atoms with Gasteiger partial charge in [-0.1, -0.05) is 24.3 Å².